The third-order valence-electron chi connectivity index (χ3n) is 2.49. The van der Waals surface area contributed by atoms with Crippen molar-refractivity contribution >= 4 is 11.6 Å². The minimum atomic E-state index is 0.00218. The predicted molar refractivity (Wildman–Crippen MR) is 69.3 cm³/mol. The number of nitrogens with two attached hydrogens (primary N) is 1. The van der Waals surface area contributed by atoms with Crippen molar-refractivity contribution in [3.05, 3.63) is 23.8 Å². The highest BCUT2D eigenvalue weighted by atomic mass is 16.5. The molecule has 4 nitrogen and oxygen atoms in total. The van der Waals surface area contributed by atoms with Crippen LogP contribution in [0.4, 0.5) is 5.69 Å². The van der Waals surface area contributed by atoms with Gasteiger partial charge in [0.05, 0.1) is 12.8 Å². The Bertz CT molecular complexity index is 378. The van der Waals surface area contributed by atoms with Gasteiger partial charge in [-0.15, -0.1) is 0 Å². The topological polar surface area (TPSA) is 64.3 Å². The van der Waals surface area contributed by atoms with Gasteiger partial charge in [-0.2, -0.15) is 0 Å². The molecule has 1 aromatic rings. The Balaban J connectivity index is 2.60. The first-order chi connectivity index (χ1) is 8.17. The molecular weight excluding hydrogens is 216 g/mol. The van der Waals surface area contributed by atoms with Gasteiger partial charge in [0.1, 0.15) is 5.75 Å². The van der Waals surface area contributed by atoms with Crippen LogP contribution in [-0.2, 0) is 4.79 Å². The van der Waals surface area contributed by atoms with E-state index >= 15 is 0 Å². The van der Waals surface area contributed by atoms with Gasteiger partial charge in [-0.25, -0.2) is 0 Å². The first kappa shape index (κ1) is 13.5. The molecule has 3 N–H and O–H groups in total. The lowest BCUT2D eigenvalue weighted by Crippen LogP contribution is -2.12. The standard InChI is InChI=1S/C13H20N2O2/c1-10-6-7-12(17-2)11(9-10)15-13(16)5-3-4-8-14/h6-7,9H,3-5,8,14H2,1-2H3,(H,15,16). The lowest BCUT2D eigenvalue weighted by atomic mass is 10.2. The number of aryl methyl sites for hydroxylation is 1. The Labute approximate surface area is 102 Å². The predicted octanol–water partition coefficient (Wildman–Crippen LogP) is 2.07. The molecule has 1 aromatic carbocycles. The molecule has 0 aliphatic carbocycles. The van der Waals surface area contributed by atoms with E-state index < -0.39 is 0 Å². The molecule has 0 heterocycles. The number of hydrogen-bond donors (Lipinski definition) is 2. The lowest BCUT2D eigenvalue weighted by molar-refractivity contribution is -0.116. The van der Waals surface area contributed by atoms with Gasteiger partial charge in [0.15, 0.2) is 0 Å². The third kappa shape index (κ3) is 4.44. The van der Waals surface area contributed by atoms with Crippen molar-refractivity contribution in [3.8, 4) is 5.75 Å². The van der Waals surface area contributed by atoms with Gasteiger partial charge in [0.2, 0.25) is 5.91 Å². The van der Waals surface area contributed by atoms with Crippen molar-refractivity contribution in [1.82, 2.24) is 0 Å². The Morgan fingerprint density at radius 3 is 2.82 bits per heavy atom. The first-order valence-corrected chi connectivity index (χ1v) is 5.82. The maximum atomic E-state index is 11.7. The molecule has 0 radical (unpaired) electrons. The summed E-state index contributed by atoms with van der Waals surface area (Å²) in [5.41, 5.74) is 7.19. The average Bonchev–Trinajstić information content (AvgIpc) is 2.29. The van der Waals surface area contributed by atoms with E-state index in [1.807, 2.05) is 25.1 Å². The molecule has 0 saturated heterocycles. The zero-order chi connectivity index (χ0) is 12.7. The summed E-state index contributed by atoms with van der Waals surface area (Å²) < 4.78 is 5.19. The maximum absolute atomic E-state index is 11.7. The van der Waals surface area contributed by atoms with Gasteiger partial charge < -0.3 is 15.8 Å². The van der Waals surface area contributed by atoms with Crippen LogP contribution < -0.4 is 15.8 Å². The fraction of sp³-hybridized carbons (Fsp3) is 0.462. The van der Waals surface area contributed by atoms with Crippen molar-refractivity contribution in [2.45, 2.75) is 26.2 Å². The summed E-state index contributed by atoms with van der Waals surface area (Å²) in [6.45, 7) is 2.60. The molecule has 17 heavy (non-hydrogen) atoms. The summed E-state index contributed by atoms with van der Waals surface area (Å²) >= 11 is 0. The van der Waals surface area contributed by atoms with Gasteiger partial charge >= 0.3 is 0 Å². The molecule has 0 atom stereocenters. The molecule has 94 valence electrons. The van der Waals surface area contributed by atoms with Crippen molar-refractivity contribution in [1.29, 1.82) is 0 Å². The molecule has 0 aromatic heterocycles. The largest absolute Gasteiger partial charge is 0.495 e. The minimum Gasteiger partial charge on any atom is -0.495 e. The van der Waals surface area contributed by atoms with E-state index in [1.54, 1.807) is 7.11 Å². The normalized spacial score (nSPS) is 10.1. The van der Waals surface area contributed by atoms with Crippen LogP contribution in [0.15, 0.2) is 18.2 Å². The van der Waals surface area contributed by atoms with Crippen LogP contribution in [0.25, 0.3) is 0 Å². The Kier molecular flexibility index (Phi) is 5.49. The number of hydrogen-bond acceptors (Lipinski definition) is 3. The molecule has 0 spiro atoms. The first-order valence-electron chi connectivity index (χ1n) is 5.82. The molecule has 0 bridgehead atoms. The number of carbonyl (C=O) groups is 1. The molecule has 0 saturated carbocycles. The van der Waals surface area contributed by atoms with Crippen LogP contribution in [0.1, 0.15) is 24.8 Å². The van der Waals surface area contributed by atoms with Crippen molar-refractivity contribution in [3.63, 3.8) is 0 Å². The second kappa shape index (κ2) is 6.91. The monoisotopic (exact) mass is 236 g/mol. The quantitative estimate of drug-likeness (QED) is 0.743. The fourth-order valence-electron chi connectivity index (χ4n) is 1.56. The summed E-state index contributed by atoms with van der Waals surface area (Å²) in [7, 11) is 1.59. The molecule has 1 amide bonds. The van der Waals surface area contributed by atoms with Gasteiger partial charge in [-0.3, -0.25) is 4.79 Å². The molecule has 0 unspecified atom stereocenters. The maximum Gasteiger partial charge on any atom is 0.224 e. The zero-order valence-corrected chi connectivity index (χ0v) is 10.5. The number of carbonyl (C=O) groups excluding carboxylic acids is 1. The van der Waals surface area contributed by atoms with Gasteiger partial charge in [-0.1, -0.05) is 6.07 Å². The van der Waals surface area contributed by atoms with Crippen LogP contribution >= 0.6 is 0 Å². The van der Waals surface area contributed by atoms with Crippen LogP contribution in [0, 0.1) is 6.92 Å². The number of amides is 1. The van der Waals surface area contributed by atoms with Crippen LogP contribution in [0.5, 0.6) is 5.75 Å². The van der Waals surface area contributed by atoms with E-state index in [9.17, 15) is 4.79 Å². The summed E-state index contributed by atoms with van der Waals surface area (Å²) in [6, 6.07) is 5.70. The second-order valence-electron chi connectivity index (χ2n) is 4.00. The Morgan fingerprint density at radius 1 is 1.41 bits per heavy atom. The number of nitrogens with one attached hydrogen (secondary N) is 1. The van der Waals surface area contributed by atoms with E-state index in [0.717, 1.165) is 24.1 Å². The molecule has 0 aliphatic rings. The van der Waals surface area contributed by atoms with Crippen molar-refractivity contribution in [2.24, 2.45) is 5.73 Å². The van der Waals surface area contributed by atoms with Gasteiger partial charge in [-0.05, 0) is 44.0 Å². The Hall–Kier alpha value is -1.55. The van der Waals surface area contributed by atoms with Crippen molar-refractivity contribution in [2.75, 3.05) is 19.0 Å². The van der Waals surface area contributed by atoms with Gasteiger partial charge in [0.25, 0.3) is 0 Å². The summed E-state index contributed by atoms with van der Waals surface area (Å²) in [6.07, 6.45) is 2.18. The molecule has 0 fully saturated rings. The molecule has 1 rings (SSSR count). The SMILES string of the molecule is COc1ccc(C)cc1NC(=O)CCCCN. The number of anilines is 1. The highest BCUT2D eigenvalue weighted by Crippen LogP contribution is 2.25. The highest BCUT2D eigenvalue weighted by molar-refractivity contribution is 5.92. The number of ether oxygens (including phenoxy) is 1. The van der Waals surface area contributed by atoms with Crippen LogP contribution in [0.3, 0.4) is 0 Å². The third-order valence-corrected chi connectivity index (χ3v) is 2.49. The van der Waals surface area contributed by atoms with Gasteiger partial charge in [0, 0.05) is 6.42 Å². The zero-order valence-electron chi connectivity index (χ0n) is 10.5. The fourth-order valence-corrected chi connectivity index (χ4v) is 1.56. The highest BCUT2D eigenvalue weighted by Gasteiger charge is 2.07. The number of rotatable bonds is 6. The summed E-state index contributed by atoms with van der Waals surface area (Å²) in [5, 5.41) is 2.86. The lowest BCUT2D eigenvalue weighted by Gasteiger charge is -2.10. The van der Waals surface area contributed by atoms with E-state index in [0.29, 0.717) is 18.7 Å². The van der Waals surface area contributed by atoms with E-state index in [-0.39, 0.29) is 5.91 Å². The smallest absolute Gasteiger partial charge is 0.224 e. The van der Waals surface area contributed by atoms with E-state index in [4.69, 9.17) is 10.5 Å². The number of methoxy groups -OCH3 is 1. The molecular formula is C13H20N2O2. The van der Waals surface area contributed by atoms with Crippen molar-refractivity contribution < 1.29 is 9.53 Å². The molecule has 0 aliphatic heterocycles. The average molecular weight is 236 g/mol. The molecule has 4 heteroatoms. The number of benzene rings is 1. The summed E-state index contributed by atoms with van der Waals surface area (Å²) in [5.74, 6) is 0.685. The van der Waals surface area contributed by atoms with Crippen LogP contribution in [0.2, 0.25) is 0 Å². The van der Waals surface area contributed by atoms with Crippen LogP contribution in [-0.4, -0.2) is 19.6 Å². The number of unbranched alkanes of at least 4 members (excludes halogenated alkanes) is 1. The van der Waals surface area contributed by atoms with E-state index in [1.165, 1.54) is 0 Å². The summed E-state index contributed by atoms with van der Waals surface area (Å²) in [4.78, 5) is 11.7. The second-order valence-corrected chi connectivity index (χ2v) is 4.00. The van der Waals surface area contributed by atoms with E-state index in [2.05, 4.69) is 5.32 Å². The minimum absolute atomic E-state index is 0.00218. The Morgan fingerprint density at radius 2 is 2.18 bits per heavy atom.